The summed E-state index contributed by atoms with van der Waals surface area (Å²) in [6.45, 7) is 6.54. The fourth-order valence-electron chi connectivity index (χ4n) is 2.66. The quantitative estimate of drug-likeness (QED) is 0.777. The number of carbonyl (C=O) groups excluding carboxylic acids is 2. The van der Waals surface area contributed by atoms with E-state index in [0.717, 1.165) is 18.4 Å². The zero-order valence-electron chi connectivity index (χ0n) is 14.4. The molecule has 2 amide bonds. The molecule has 1 heterocycles. The van der Waals surface area contributed by atoms with Crippen LogP contribution in [-0.2, 0) is 9.53 Å². The Morgan fingerprint density at radius 1 is 1.21 bits per heavy atom. The first-order valence-electron chi connectivity index (χ1n) is 8.32. The largest absolute Gasteiger partial charge is 0.493 e. The summed E-state index contributed by atoms with van der Waals surface area (Å²) in [5.74, 6) is -0.373. The van der Waals surface area contributed by atoms with Crippen molar-refractivity contribution in [3.63, 3.8) is 0 Å². The summed E-state index contributed by atoms with van der Waals surface area (Å²) in [6.07, 6.45) is 1.61. The van der Waals surface area contributed by atoms with E-state index in [4.69, 9.17) is 9.47 Å². The summed E-state index contributed by atoms with van der Waals surface area (Å²) < 4.78 is 11.1. The highest BCUT2D eigenvalue weighted by molar-refractivity contribution is 6.08. The normalized spacial score (nSPS) is 20.1. The van der Waals surface area contributed by atoms with Crippen molar-refractivity contribution in [2.24, 2.45) is 10.9 Å². The number of esters is 1. The molecule has 2 rings (SSSR count). The van der Waals surface area contributed by atoms with Gasteiger partial charge in [0.1, 0.15) is 11.7 Å². The van der Waals surface area contributed by atoms with E-state index in [1.165, 1.54) is 0 Å². The summed E-state index contributed by atoms with van der Waals surface area (Å²) in [4.78, 5) is 28.2. The number of hydrogen-bond donors (Lipinski definition) is 1. The van der Waals surface area contributed by atoms with Gasteiger partial charge in [0.05, 0.1) is 19.3 Å². The van der Waals surface area contributed by atoms with Gasteiger partial charge in [-0.25, -0.2) is 9.79 Å². The lowest BCUT2D eigenvalue weighted by Gasteiger charge is -2.30. The molecule has 2 unspecified atom stereocenters. The van der Waals surface area contributed by atoms with Crippen molar-refractivity contribution in [2.45, 2.75) is 39.7 Å². The Morgan fingerprint density at radius 2 is 1.92 bits per heavy atom. The maximum Gasteiger partial charge on any atom is 0.341 e. The van der Waals surface area contributed by atoms with Gasteiger partial charge in [0.15, 0.2) is 0 Å². The first kappa shape index (κ1) is 18.0. The second-order valence-electron chi connectivity index (χ2n) is 5.71. The van der Waals surface area contributed by atoms with E-state index in [1.807, 2.05) is 38.1 Å². The van der Waals surface area contributed by atoms with Crippen LogP contribution in [0.3, 0.4) is 0 Å². The van der Waals surface area contributed by atoms with Crippen LogP contribution in [0.25, 0.3) is 0 Å². The molecule has 2 atom stereocenters. The Balaban J connectivity index is 2.36. The summed E-state index contributed by atoms with van der Waals surface area (Å²) in [7, 11) is 0. The number of nitrogens with zero attached hydrogens (tertiary/aromatic N) is 1. The van der Waals surface area contributed by atoms with Crippen LogP contribution in [-0.4, -0.2) is 30.9 Å². The van der Waals surface area contributed by atoms with Gasteiger partial charge in [-0.3, -0.25) is 4.79 Å². The molecule has 0 aliphatic carbocycles. The number of benzene rings is 1. The third-order valence-corrected chi connectivity index (χ3v) is 3.76. The lowest BCUT2D eigenvalue weighted by molar-refractivity contribution is -0.147. The monoisotopic (exact) mass is 332 g/mol. The summed E-state index contributed by atoms with van der Waals surface area (Å²) in [5, 5.41) is 2.78. The highest BCUT2D eigenvalue weighted by Gasteiger charge is 2.39. The van der Waals surface area contributed by atoms with Gasteiger partial charge < -0.3 is 14.8 Å². The fraction of sp³-hybridized carbons (Fsp3) is 0.500. The van der Waals surface area contributed by atoms with Crippen LogP contribution < -0.4 is 10.1 Å². The maximum atomic E-state index is 12.5. The van der Waals surface area contributed by atoms with Crippen LogP contribution in [0.4, 0.5) is 4.79 Å². The molecule has 6 nitrogen and oxygen atoms in total. The Bertz CT molecular complexity index is 627. The molecule has 1 aliphatic rings. The number of aliphatic imine (C=N–C) groups is 1. The van der Waals surface area contributed by atoms with Crippen molar-refractivity contribution in [3.05, 3.63) is 29.8 Å². The topological polar surface area (TPSA) is 77.0 Å². The number of carbonyl (C=O) groups is 2. The Hall–Kier alpha value is -2.37. The van der Waals surface area contributed by atoms with E-state index in [-0.39, 0.29) is 5.97 Å². The van der Waals surface area contributed by atoms with Crippen molar-refractivity contribution in [2.75, 3.05) is 13.2 Å². The van der Waals surface area contributed by atoms with E-state index in [1.54, 1.807) is 6.92 Å². The predicted octanol–water partition coefficient (Wildman–Crippen LogP) is 3.27. The molecule has 1 aromatic rings. The highest BCUT2D eigenvalue weighted by atomic mass is 16.5. The zero-order chi connectivity index (χ0) is 17.5. The standard InChI is InChI=1S/C18H24N2O4/c1-4-10-23-14-9-7-6-8-13(14)16-15(17(21)24-11-5-2)12(3)19-18(22)20-16/h6-9,15-16H,4-5,10-11H2,1-3H3,(H,20,22). The van der Waals surface area contributed by atoms with E-state index in [2.05, 4.69) is 10.3 Å². The first-order valence-corrected chi connectivity index (χ1v) is 8.32. The van der Waals surface area contributed by atoms with Crippen LogP contribution in [0.2, 0.25) is 0 Å². The molecule has 1 aromatic carbocycles. The third-order valence-electron chi connectivity index (χ3n) is 3.76. The van der Waals surface area contributed by atoms with E-state index in [9.17, 15) is 9.59 Å². The van der Waals surface area contributed by atoms with Crippen molar-refractivity contribution >= 4 is 17.7 Å². The minimum atomic E-state index is -0.652. The van der Waals surface area contributed by atoms with Crippen molar-refractivity contribution in [1.82, 2.24) is 5.32 Å². The number of rotatable bonds is 7. The van der Waals surface area contributed by atoms with Crippen LogP contribution in [0, 0.1) is 5.92 Å². The van der Waals surface area contributed by atoms with Gasteiger partial charge in [-0.1, -0.05) is 32.0 Å². The van der Waals surface area contributed by atoms with Gasteiger partial charge in [-0.05, 0) is 25.8 Å². The van der Waals surface area contributed by atoms with E-state index >= 15 is 0 Å². The van der Waals surface area contributed by atoms with Gasteiger partial charge in [0.25, 0.3) is 0 Å². The molecule has 6 heteroatoms. The Morgan fingerprint density at radius 3 is 2.62 bits per heavy atom. The van der Waals surface area contributed by atoms with Gasteiger partial charge in [0.2, 0.25) is 0 Å². The second-order valence-corrected chi connectivity index (χ2v) is 5.71. The van der Waals surface area contributed by atoms with Crippen molar-refractivity contribution < 1.29 is 19.1 Å². The van der Waals surface area contributed by atoms with Crippen LogP contribution in [0.1, 0.15) is 45.2 Å². The lowest BCUT2D eigenvalue weighted by atomic mass is 9.88. The maximum absolute atomic E-state index is 12.5. The lowest BCUT2D eigenvalue weighted by Crippen LogP contribution is -2.44. The van der Waals surface area contributed by atoms with Crippen LogP contribution in [0.15, 0.2) is 29.3 Å². The van der Waals surface area contributed by atoms with Gasteiger partial charge in [0, 0.05) is 11.3 Å². The molecular formula is C18H24N2O4. The van der Waals surface area contributed by atoms with Gasteiger partial charge in [-0.15, -0.1) is 0 Å². The van der Waals surface area contributed by atoms with E-state index in [0.29, 0.717) is 24.7 Å². The SMILES string of the molecule is CCCOC(=O)C1C(C)=NC(=O)NC1c1ccccc1OCCC. The molecule has 0 bridgehead atoms. The molecular weight excluding hydrogens is 308 g/mol. The Labute approximate surface area is 142 Å². The highest BCUT2D eigenvalue weighted by Crippen LogP contribution is 2.33. The van der Waals surface area contributed by atoms with Gasteiger partial charge in [-0.2, -0.15) is 0 Å². The number of para-hydroxylation sites is 1. The number of amides is 2. The van der Waals surface area contributed by atoms with E-state index < -0.39 is 18.0 Å². The van der Waals surface area contributed by atoms with Crippen molar-refractivity contribution in [3.8, 4) is 5.75 Å². The van der Waals surface area contributed by atoms with Crippen LogP contribution >= 0.6 is 0 Å². The molecule has 1 aliphatic heterocycles. The molecule has 130 valence electrons. The molecule has 0 fully saturated rings. The minimum Gasteiger partial charge on any atom is -0.493 e. The predicted molar refractivity (Wildman–Crippen MR) is 91.3 cm³/mol. The second kappa shape index (κ2) is 8.47. The fourth-order valence-corrected chi connectivity index (χ4v) is 2.66. The number of hydrogen-bond acceptors (Lipinski definition) is 4. The molecule has 24 heavy (non-hydrogen) atoms. The average molecular weight is 332 g/mol. The number of ether oxygens (including phenoxy) is 2. The summed E-state index contributed by atoms with van der Waals surface area (Å²) >= 11 is 0. The summed E-state index contributed by atoms with van der Waals surface area (Å²) in [5.41, 5.74) is 1.21. The van der Waals surface area contributed by atoms with Crippen molar-refractivity contribution in [1.29, 1.82) is 0 Å². The smallest absolute Gasteiger partial charge is 0.341 e. The molecule has 0 saturated heterocycles. The molecule has 0 aromatic heterocycles. The average Bonchev–Trinajstić information content (AvgIpc) is 2.57. The minimum absolute atomic E-state index is 0.345. The number of nitrogens with one attached hydrogen (secondary N) is 1. The Kier molecular flexibility index (Phi) is 6.35. The molecule has 0 spiro atoms. The summed E-state index contributed by atoms with van der Waals surface area (Å²) in [6, 6.07) is 6.41. The number of urea groups is 1. The van der Waals surface area contributed by atoms with Crippen LogP contribution in [0.5, 0.6) is 5.75 Å². The third kappa shape index (κ3) is 4.13. The molecule has 1 N–H and O–H groups in total. The molecule has 0 radical (unpaired) electrons. The van der Waals surface area contributed by atoms with Gasteiger partial charge >= 0.3 is 12.0 Å². The first-order chi connectivity index (χ1) is 11.6. The molecule has 0 saturated carbocycles. The zero-order valence-corrected chi connectivity index (χ0v) is 14.4.